The van der Waals surface area contributed by atoms with Crippen molar-refractivity contribution in [3.63, 3.8) is 0 Å². The molecule has 4 N–H and O–H groups in total. The molecule has 5 nitrogen and oxygen atoms in total. The average molecular weight is 257 g/mol. The summed E-state index contributed by atoms with van der Waals surface area (Å²) in [6, 6.07) is 2.95. The molecule has 6 heteroatoms. The van der Waals surface area contributed by atoms with E-state index < -0.39 is 17.9 Å². The van der Waals surface area contributed by atoms with E-state index in [1.54, 1.807) is 13.0 Å². The molecule has 0 spiro atoms. The first kappa shape index (κ1) is 13.3. The van der Waals surface area contributed by atoms with Crippen molar-refractivity contribution < 1.29 is 14.3 Å². The van der Waals surface area contributed by atoms with Crippen LogP contribution in [-0.4, -0.2) is 17.9 Å². The van der Waals surface area contributed by atoms with Crippen molar-refractivity contribution >= 4 is 23.4 Å². The molecule has 1 rings (SSSR count). The van der Waals surface area contributed by atoms with Crippen LogP contribution in [-0.2, 0) is 4.79 Å². The van der Waals surface area contributed by atoms with Gasteiger partial charge in [0.2, 0.25) is 5.91 Å². The number of carbonyl (C=O) groups is 2. The maximum Gasteiger partial charge on any atom is 0.258 e. The number of hydrogen-bond acceptors (Lipinski definition) is 3. The highest BCUT2D eigenvalue weighted by Crippen LogP contribution is 2.28. The molecule has 92 valence electrons. The van der Waals surface area contributed by atoms with Crippen molar-refractivity contribution in [1.82, 2.24) is 0 Å². The minimum atomic E-state index is -0.837. The van der Waals surface area contributed by atoms with Crippen molar-refractivity contribution in [1.29, 1.82) is 0 Å². The van der Waals surface area contributed by atoms with Crippen molar-refractivity contribution in [2.24, 2.45) is 11.5 Å². The van der Waals surface area contributed by atoms with Gasteiger partial charge in [-0.2, -0.15) is 0 Å². The molecule has 1 aromatic rings. The lowest BCUT2D eigenvalue weighted by atomic mass is 10.1. The number of rotatable bonds is 4. The number of nitrogens with two attached hydrogens (primary N) is 2. The van der Waals surface area contributed by atoms with Gasteiger partial charge in [-0.15, -0.1) is 0 Å². The van der Waals surface area contributed by atoms with E-state index in [2.05, 4.69) is 0 Å². The predicted octanol–water partition coefficient (Wildman–Crippen LogP) is 1.000. The van der Waals surface area contributed by atoms with E-state index >= 15 is 0 Å². The van der Waals surface area contributed by atoms with Gasteiger partial charge in [0.1, 0.15) is 5.75 Å². The topological polar surface area (TPSA) is 95.4 Å². The van der Waals surface area contributed by atoms with Crippen LogP contribution in [0.25, 0.3) is 0 Å². The number of aryl methyl sites for hydroxylation is 1. The minimum absolute atomic E-state index is 0.206. The minimum Gasteiger partial charge on any atom is -0.479 e. The lowest BCUT2D eigenvalue weighted by molar-refractivity contribution is -0.123. The summed E-state index contributed by atoms with van der Waals surface area (Å²) < 4.78 is 5.24. The summed E-state index contributed by atoms with van der Waals surface area (Å²) in [5.41, 5.74) is 11.2. The molecule has 0 aliphatic rings. The van der Waals surface area contributed by atoms with Crippen LogP contribution >= 0.6 is 11.6 Å². The summed E-state index contributed by atoms with van der Waals surface area (Å²) in [7, 11) is 0. The molecule has 1 aromatic carbocycles. The van der Waals surface area contributed by atoms with Gasteiger partial charge < -0.3 is 16.2 Å². The molecule has 0 aromatic heterocycles. The van der Waals surface area contributed by atoms with Crippen LogP contribution in [0.3, 0.4) is 0 Å². The van der Waals surface area contributed by atoms with Crippen LogP contribution in [0.5, 0.6) is 5.75 Å². The quantitative estimate of drug-likeness (QED) is 0.841. The van der Waals surface area contributed by atoms with Crippen LogP contribution in [0, 0.1) is 6.92 Å². The Morgan fingerprint density at radius 1 is 1.35 bits per heavy atom. The Hall–Kier alpha value is -1.75. The number of carbonyl (C=O) groups excluding carboxylic acids is 2. The van der Waals surface area contributed by atoms with Gasteiger partial charge in [0, 0.05) is 5.56 Å². The Morgan fingerprint density at radius 3 is 2.41 bits per heavy atom. The number of halogens is 1. The van der Waals surface area contributed by atoms with Gasteiger partial charge in [-0.25, -0.2) is 0 Å². The van der Waals surface area contributed by atoms with Gasteiger partial charge in [-0.1, -0.05) is 11.6 Å². The molecule has 0 aliphatic heterocycles. The third-order valence-electron chi connectivity index (χ3n) is 2.25. The van der Waals surface area contributed by atoms with Gasteiger partial charge >= 0.3 is 0 Å². The Bertz CT molecular complexity index is 474. The average Bonchev–Trinajstić information content (AvgIpc) is 2.21. The fourth-order valence-electron chi connectivity index (χ4n) is 1.26. The van der Waals surface area contributed by atoms with Crippen LogP contribution < -0.4 is 16.2 Å². The van der Waals surface area contributed by atoms with Crippen LogP contribution in [0.4, 0.5) is 0 Å². The largest absolute Gasteiger partial charge is 0.479 e. The molecular formula is C11H13ClN2O3. The molecule has 0 saturated heterocycles. The number of amides is 2. The first-order chi connectivity index (χ1) is 7.82. The maximum absolute atomic E-state index is 11.1. The zero-order valence-electron chi connectivity index (χ0n) is 9.49. The van der Waals surface area contributed by atoms with Gasteiger partial charge in [0.25, 0.3) is 5.91 Å². The molecule has 17 heavy (non-hydrogen) atoms. The van der Waals surface area contributed by atoms with Crippen molar-refractivity contribution in [3.05, 3.63) is 28.3 Å². The summed E-state index contributed by atoms with van der Waals surface area (Å²) in [4.78, 5) is 22.0. The van der Waals surface area contributed by atoms with E-state index in [1.807, 2.05) is 0 Å². The van der Waals surface area contributed by atoms with E-state index in [0.717, 1.165) is 0 Å². The van der Waals surface area contributed by atoms with E-state index in [0.29, 0.717) is 16.1 Å². The highest BCUT2D eigenvalue weighted by Gasteiger charge is 2.15. The number of benzene rings is 1. The van der Waals surface area contributed by atoms with E-state index in [-0.39, 0.29) is 5.75 Å². The molecule has 1 atom stereocenters. The third kappa shape index (κ3) is 3.10. The summed E-state index contributed by atoms with van der Waals surface area (Å²) in [6.07, 6.45) is -0.837. The lowest BCUT2D eigenvalue weighted by Crippen LogP contribution is -2.30. The molecule has 2 amide bonds. The van der Waals surface area contributed by atoms with Crippen LogP contribution in [0.1, 0.15) is 22.8 Å². The number of ether oxygens (including phenoxy) is 1. The van der Waals surface area contributed by atoms with Gasteiger partial charge in [-0.05, 0) is 31.5 Å². The molecule has 0 radical (unpaired) electrons. The van der Waals surface area contributed by atoms with Gasteiger partial charge in [0.05, 0.1) is 5.02 Å². The zero-order chi connectivity index (χ0) is 13.2. The van der Waals surface area contributed by atoms with Crippen molar-refractivity contribution in [3.8, 4) is 5.75 Å². The first-order valence-corrected chi connectivity index (χ1v) is 5.26. The predicted molar refractivity (Wildman–Crippen MR) is 64.0 cm³/mol. The summed E-state index contributed by atoms with van der Waals surface area (Å²) >= 11 is 5.93. The van der Waals surface area contributed by atoms with Crippen LogP contribution in [0.2, 0.25) is 5.02 Å². The van der Waals surface area contributed by atoms with Crippen LogP contribution in [0.15, 0.2) is 12.1 Å². The fourth-order valence-corrected chi connectivity index (χ4v) is 1.52. The highest BCUT2D eigenvalue weighted by molar-refractivity contribution is 6.32. The Labute approximate surface area is 104 Å². The highest BCUT2D eigenvalue weighted by atomic mass is 35.5. The van der Waals surface area contributed by atoms with Gasteiger partial charge in [0.15, 0.2) is 6.10 Å². The molecule has 1 unspecified atom stereocenters. The second-order valence-electron chi connectivity index (χ2n) is 3.62. The van der Waals surface area contributed by atoms with Crippen molar-refractivity contribution in [2.45, 2.75) is 20.0 Å². The summed E-state index contributed by atoms with van der Waals surface area (Å²) in [6.45, 7) is 3.19. The third-order valence-corrected chi connectivity index (χ3v) is 2.54. The van der Waals surface area contributed by atoms with Gasteiger partial charge in [-0.3, -0.25) is 9.59 Å². The second-order valence-corrected chi connectivity index (χ2v) is 4.03. The number of primary amides is 2. The van der Waals surface area contributed by atoms with E-state index in [4.69, 9.17) is 27.8 Å². The molecule has 0 heterocycles. The smallest absolute Gasteiger partial charge is 0.258 e. The monoisotopic (exact) mass is 256 g/mol. The Morgan fingerprint density at radius 2 is 1.94 bits per heavy atom. The first-order valence-electron chi connectivity index (χ1n) is 4.89. The Balaban J connectivity index is 3.12. The molecule has 0 saturated carbocycles. The zero-order valence-corrected chi connectivity index (χ0v) is 10.2. The standard InChI is InChI=1S/C11H13ClN2O3/c1-5-3-8(12)9(4-7(5)11(14)16)17-6(2)10(13)15/h3-4,6H,1-2H3,(H2,13,15)(H2,14,16). The molecular weight excluding hydrogens is 244 g/mol. The fraction of sp³-hybridized carbons (Fsp3) is 0.273. The summed E-state index contributed by atoms with van der Waals surface area (Å²) in [5, 5.41) is 0.292. The lowest BCUT2D eigenvalue weighted by Gasteiger charge is -2.14. The maximum atomic E-state index is 11.1. The number of hydrogen-bond donors (Lipinski definition) is 2. The Kier molecular flexibility index (Phi) is 3.96. The second kappa shape index (κ2) is 5.05. The molecule has 0 fully saturated rings. The molecule has 0 bridgehead atoms. The van der Waals surface area contributed by atoms with Crippen molar-refractivity contribution in [2.75, 3.05) is 0 Å². The van der Waals surface area contributed by atoms with E-state index in [1.165, 1.54) is 13.0 Å². The summed E-state index contributed by atoms with van der Waals surface area (Å²) in [5.74, 6) is -1.00. The van der Waals surface area contributed by atoms with E-state index in [9.17, 15) is 9.59 Å². The normalized spacial score (nSPS) is 11.9. The molecule has 0 aliphatic carbocycles. The SMILES string of the molecule is Cc1cc(Cl)c(OC(C)C(N)=O)cc1C(N)=O.